The summed E-state index contributed by atoms with van der Waals surface area (Å²) in [6, 6.07) is 22.8. The summed E-state index contributed by atoms with van der Waals surface area (Å²) in [6.07, 6.45) is 18.6. The number of unbranched alkanes of at least 4 members (excludes halogenated alkanes) is 5. The molecule has 0 N–H and O–H groups in total. The zero-order chi connectivity index (χ0) is 24.0. The summed E-state index contributed by atoms with van der Waals surface area (Å²) >= 11 is 0. The Bertz CT molecular complexity index is 913. The monoisotopic (exact) mass is 459 g/mol. The van der Waals surface area contributed by atoms with Crippen LogP contribution in [0.15, 0.2) is 73.1 Å². The summed E-state index contributed by atoms with van der Waals surface area (Å²) in [4.78, 5) is 0. The molecule has 0 aliphatic heterocycles. The maximum Gasteiger partial charge on any atom is 0.256 e. The lowest BCUT2D eigenvalue weighted by atomic mass is 9.88. The molecule has 0 amide bonds. The summed E-state index contributed by atoms with van der Waals surface area (Å²) in [5, 5.41) is 0. The van der Waals surface area contributed by atoms with Crippen LogP contribution in [-0.2, 0) is 19.4 Å². The third kappa shape index (κ3) is 8.15. The summed E-state index contributed by atoms with van der Waals surface area (Å²) in [5.41, 5.74) is 2.90. The summed E-state index contributed by atoms with van der Waals surface area (Å²) in [5.74, 6) is 2.06. The molecule has 0 saturated heterocycles. The van der Waals surface area contributed by atoms with Gasteiger partial charge in [0.25, 0.3) is 5.82 Å². The van der Waals surface area contributed by atoms with Crippen LogP contribution in [0.5, 0.6) is 0 Å². The van der Waals surface area contributed by atoms with Gasteiger partial charge in [-0.3, -0.25) is 0 Å². The zero-order valence-corrected chi connectivity index (χ0v) is 22.0. The third-order valence-electron chi connectivity index (χ3n) is 7.30. The van der Waals surface area contributed by atoms with Crippen molar-refractivity contribution in [3.05, 3.63) is 90.0 Å². The molecule has 0 aliphatic carbocycles. The van der Waals surface area contributed by atoms with E-state index in [1.54, 1.807) is 0 Å². The molecule has 2 atom stereocenters. The van der Waals surface area contributed by atoms with Gasteiger partial charge in [-0.1, -0.05) is 100 Å². The van der Waals surface area contributed by atoms with Gasteiger partial charge in [0.1, 0.15) is 12.4 Å². The maximum absolute atomic E-state index is 2.60. The number of aryl methyl sites for hydroxylation is 1. The molecular weight excluding hydrogens is 412 g/mol. The molecule has 0 radical (unpaired) electrons. The van der Waals surface area contributed by atoms with Gasteiger partial charge in [0, 0.05) is 6.42 Å². The largest absolute Gasteiger partial charge is 0.256 e. The predicted molar refractivity (Wildman–Crippen MR) is 145 cm³/mol. The van der Waals surface area contributed by atoms with E-state index in [1.807, 2.05) is 0 Å². The van der Waals surface area contributed by atoms with Crippen LogP contribution in [0.2, 0.25) is 0 Å². The minimum absolute atomic E-state index is 0.538. The Morgan fingerprint density at radius 3 is 2.15 bits per heavy atom. The van der Waals surface area contributed by atoms with Crippen LogP contribution in [0.3, 0.4) is 0 Å². The number of nitrogens with zero attached hydrogens (tertiary/aromatic N) is 2. The van der Waals surface area contributed by atoms with E-state index in [0.717, 1.165) is 19.4 Å². The molecule has 1 heterocycles. The first-order chi connectivity index (χ1) is 16.7. The van der Waals surface area contributed by atoms with Gasteiger partial charge in [0.15, 0.2) is 0 Å². The van der Waals surface area contributed by atoms with Crippen molar-refractivity contribution in [3.63, 3.8) is 0 Å². The van der Waals surface area contributed by atoms with Gasteiger partial charge in [-0.15, -0.1) is 0 Å². The van der Waals surface area contributed by atoms with Crippen molar-refractivity contribution in [2.24, 2.45) is 0 Å². The quantitative estimate of drug-likeness (QED) is 0.150. The Morgan fingerprint density at radius 2 is 1.44 bits per heavy atom. The van der Waals surface area contributed by atoms with Crippen LogP contribution in [0, 0.1) is 0 Å². The SMILES string of the molecule is CCCCCCC(C)n1cc[n+](CCCCC)c1CCC(Cc1ccccc1)c1ccccc1. The fraction of sp³-hybridized carbons (Fsp3) is 0.531. The molecule has 0 bridgehead atoms. The number of hydrogen-bond donors (Lipinski definition) is 0. The predicted octanol–water partition coefficient (Wildman–Crippen LogP) is 8.46. The molecule has 0 spiro atoms. The molecule has 0 saturated carbocycles. The van der Waals surface area contributed by atoms with Crippen LogP contribution in [-0.4, -0.2) is 4.57 Å². The van der Waals surface area contributed by atoms with Crippen LogP contribution >= 0.6 is 0 Å². The van der Waals surface area contributed by atoms with E-state index < -0.39 is 0 Å². The molecule has 34 heavy (non-hydrogen) atoms. The summed E-state index contributed by atoms with van der Waals surface area (Å²) < 4.78 is 5.16. The van der Waals surface area contributed by atoms with Crippen LogP contribution in [0.1, 0.15) is 107 Å². The molecule has 3 aromatic rings. The smallest absolute Gasteiger partial charge is 0.234 e. The molecule has 3 rings (SSSR count). The van der Waals surface area contributed by atoms with Crippen molar-refractivity contribution in [3.8, 4) is 0 Å². The van der Waals surface area contributed by atoms with Crippen molar-refractivity contribution in [1.29, 1.82) is 0 Å². The van der Waals surface area contributed by atoms with E-state index in [1.165, 1.54) is 74.7 Å². The molecule has 0 aliphatic rings. The highest BCUT2D eigenvalue weighted by atomic mass is 15.2. The van der Waals surface area contributed by atoms with E-state index >= 15 is 0 Å². The Kier molecular flexibility index (Phi) is 11.4. The van der Waals surface area contributed by atoms with Crippen molar-refractivity contribution < 1.29 is 4.57 Å². The lowest BCUT2D eigenvalue weighted by Gasteiger charge is -2.18. The van der Waals surface area contributed by atoms with E-state index in [-0.39, 0.29) is 0 Å². The second-order valence-electron chi connectivity index (χ2n) is 10.1. The molecule has 2 heteroatoms. The summed E-state index contributed by atoms with van der Waals surface area (Å²) in [7, 11) is 0. The van der Waals surface area contributed by atoms with E-state index in [0.29, 0.717) is 12.0 Å². The highest BCUT2D eigenvalue weighted by Crippen LogP contribution is 2.27. The lowest BCUT2D eigenvalue weighted by molar-refractivity contribution is -0.704. The summed E-state index contributed by atoms with van der Waals surface area (Å²) in [6.45, 7) is 8.16. The highest BCUT2D eigenvalue weighted by molar-refractivity contribution is 5.24. The van der Waals surface area contributed by atoms with Gasteiger partial charge in [-0.2, -0.15) is 0 Å². The van der Waals surface area contributed by atoms with Gasteiger partial charge in [-0.25, -0.2) is 9.13 Å². The fourth-order valence-electron chi connectivity index (χ4n) is 5.20. The first-order valence-corrected chi connectivity index (χ1v) is 13.9. The number of aromatic nitrogens is 2. The van der Waals surface area contributed by atoms with Gasteiger partial charge in [0.05, 0.1) is 12.6 Å². The average molecular weight is 460 g/mol. The molecule has 0 fully saturated rings. The van der Waals surface area contributed by atoms with Crippen molar-refractivity contribution in [2.75, 3.05) is 0 Å². The molecule has 2 nitrogen and oxygen atoms in total. The van der Waals surface area contributed by atoms with Crippen molar-refractivity contribution in [2.45, 2.75) is 110 Å². The Morgan fingerprint density at radius 1 is 0.765 bits per heavy atom. The Labute approximate surface area is 209 Å². The van der Waals surface area contributed by atoms with E-state index in [9.17, 15) is 0 Å². The van der Waals surface area contributed by atoms with Gasteiger partial charge >= 0.3 is 0 Å². The zero-order valence-electron chi connectivity index (χ0n) is 22.0. The minimum Gasteiger partial charge on any atom is -0.234 e. The van der Waals surface area contributed by atoms with Crippen LogP contribution < -0.4 is 4.57 Å². The standard InChI is InChI=1S/C32H47N2/c1-4-6-8-11-17-28(3)34-26-25-33(24-16-7-5-2)32(34)23-22-31(30-20-14-10-15-21-30)27-29-18-12-9-13-19-29/h9-10,12-15,18-21,25-26,28,31H,4-8,11,16-17,22-24,27H2,1-3H3/q+1. The van der Waals surface area contributed by atoms with Gasteiger partial charge < -0.3 is 0 Å². The highest BCUT2D eigenvalue weighted by Gasteiger charge is 2.23. The lowest BCUT2D eigenvalue weighted by Crippen LogP contribution is -2.38. The average Bonchev–Trinajstić information content (AvgIpc) is 3.28. The number of hydrogen-bond acceptors (Lipinski definition) is 0. The molecule has 2 unspecified atom stereocenters. The normalized spacial score (nSPS) is 13.1. The van der Waals surface area contributed by atoms with Crippen LogP contribution in [0.4, 0.5) is 0 Å². The van der Waals surface area contributed by atoms with Gasteiger partial charge in [-0.05, 0) is 62.5 Å². The van der Waals surface area contributed by atoms with E-state index in [4.69, 9.17) is 0 Å². The second kappa shape index (κ2) is 14.8. The van der Waals surface area contributed by atoms with E-state index in [2.05, 4.69) is 103 Å². The molecular formula is C32H47N2+. The molecule has 2 aromatic carbocycles. The number of imidazole rings is 1. The number of benzene rings is 2. The van der Waals surface area contributed by atoms with Crippen molar-refractivity contribution in [1.82, 2.24) is 4.57 Å². The first-order valence-electron chi connectivity index (χ1n) is 13.9. The fourth-order valence-corrected chi connectivity index (χ4v) is 5.20. The Hall–Kier alpha value is -2.35. The maximum atomic E-state index is 2.60. The third-order valence-corrected chi connectivity index (χ3v) is 7.30. The molecule has 184 valence electrons. The first kappa shape index (κ1) is 26.3. The minimum atomic E-state index is 0.538. The molecule has 1 aromatic heterocycles. The van der Waals surface area contributed by atoms with Crippen LogP contribution in [0.25, 0.3) is 0 Å². The van der Waals surface area contributed by atoms with Crippen molar-refractivity contribution >= 4 is 0 Å². The topological polar surface area (TPSA) is 8.81 Å². The van der Waals surface area contributed by atoms with Gasteiger partial charge in [0.2, 0.25) is 0 Å². The second-order valence-corrected chi connectivity index (χ2v) is 10.1. The Balaban J connectivity index is 1.77. The number of rotatable bonds is 16.